The minimum atomic E-state index is -4.48. The first-order valence-electron chi connectivity index (χ1n) is 7.27. The molecule has 2 heterocycles. The van der Waals surface area contributed by atoms with Gasteiger partial charge in [-0.05, 0) is 24.1 Å². The molecule has 0 bridgehead atoms. The molecule has 1 aromatic carbocycles. The number of alkyl halides is 3. The van der Waals surface area contributed by atoms with Crippen molar-refractivity contribution in [3.8, 4) is 0 Å². The Morgan fingerprint density at radius 3 is 2.65 bits per heavy atom. The van der Waals surface area contributed by atoms with Gasteiger partial charge in [0.05, 0.1) is 24.4 Å². The smallest absolute Gasteiger partial charge is 0.396 e. The quantitative estimate of drug-likeness (QED) is 0.759. The fraction of sp³-hybridized carbons (Fsp3) is 0.600. The number of fused-ring (bicyclic) bond motifs is 2. The first kappa shape index (κ1) is 16.7. The Hall–Kier alpha value is -1.19. The summed E-state index contributed by atoms with van der Waals surface area (Å²) in [4.78, 5) is 0. The lowest BCUT2D eigenvalue weighted by atomic mass is 9.88. The second kappa shape index (κ2) is 5.71. The molecule has 4 atom stereocenters. The number of hydrogen-bond donors (Lipinski definition) is 3. The first-order chi connectivity index (χ1) is 10.8. The van der Waals surface area contributed by atoms with Crippen LogP contribution in [0.5, 0.6) is 0 Å². The van der Waals surface area contributed by atoms with E-state index in [0.29, 0.717) is 0 Å². The zero-order valence-corrected chi connectivity index (χ0v) is 12.1. The van der Waals surface area contributed by atoms with Crippen molar-refractivity contribution >= 4 is 0 Å². The van der Waals surface area contributed by atoms with E-state index in [9.17, 15) is 23.4 Å². The first-order valence-corrected chi connectivity index (χ1v) is 7.27. The van der Waals surface area contributed by atoms with Gasteiger partial charge in [-0.2, -0.15) is 13.2 Å². The third-order valence-electron chi connectivity index (χ3n) is 4.30. The highest BCUT2D eigenvalue weighted by Gasteiger charge is 2.55. The van der Waals surface area contributed by atoms with Crippen LogP contribution in [0.25, 0.3) is 0 Å². The summed E-state index contributed by atoms with van der Waals surface area (Å²) in [6, 6.07) is 3.07. The van der Waals surface area contributed by atoms with Crippen molar-refractivity contribution in [3.63, 3.8) is 0 Å². The van der Waals surface area contributed by atoms with Crippen LogP contribution in [0.15, 0.2) is 18.2 Å². The molecule has 8 heteroatoms. The lowest BCUT2D eigenvalue weighted by Gasteiger charge is -2.44. The Balaban J connectivity index is 1.98. The van der Waals surface area contributed by atoms with Crippen molar-refractivity contribution in [3.05, 3.63) is 34.9 Å². The standard InChI is InChI=1S/C15H17F3O5/c16-15(17,18)9-1-2-11-8(5-9)7-22-14(11)13(21)12(20)6-10(23-14)3-4-19/h1-2,5,10,12-13,19-21H,3-4,6-7H2/t10-,12+,13-,14+/m1/s1. The number of halogens is 3. The van der Waals surface area contributed by atoms with Crippen LogP contribution in [0.4, 0.5) is 13.2 Å². The van der Waals surface area contributed by atoms with Crippen LogP contribution in [0.1, 0.15) is 29.5 Å². The number of aliphatic hydroxyl groups excluding tert-OH is 3. The second-order valence-electron chi connectivity index (χ2n) is 5.83. The predicted molar refractivity (Wildman–Crippen MR) is 71.1 cm³/mol. The van der Waals surface area contributed by atoms with Gasteiger partial charge in [-0.3, -0.25) is 0 Å². The Morgan fingerprint density at radius 1 is 1.26 bits per heavy atom. The summed E-state index contributed by atoms with van der Waals surface area (Å²) >= 11 is 0. The van der Waals surface area contributed by atoms with Gasteiger partial charge in [0.2, 0.25) is 5.79 Å². The summed E-state index contributed by atoms with van der Waals surface area (Å²) in [7, 11) is 0. The maximum absolute atomic E-state index is 12.8. The number of rotatable bonds is 2. The highest BCUT2D eigenvalue weighted by molar-refractivity contribution is 5.39. The van der Waals surface area contributed by atoms with Crippen LogP contribution in [0.2, 0.25) is 0 Å². The van der Waals surface area contributed by atoms with Gasteiger partial charge in [0, 0.05) is 18.6 Å². The van der Waals surface area contributed by atoms with Crippen molar-refractivity contribution in [1.29, 1.82) is 0 Å². The molecule has 0 aliphatic carbocycles. The SMILES string of the molecule is OCC[C@@H]1C[C@H](O)[C@@H](O)[C@@]2(OCc3cc(C(F)(F)F)ccc32)O1. The van der Waals surface area contributed by atoms with Crippen LogP contribution in [-0.4, -0.2) is 40.2 Å². The molecule has 1 aromatic rings. The number of ether oxygens (including phenoxy) is 2. The lowest BCUT2D eigenvalue weighted by Crippen LogP contribution is -2.55. The summed E-state index contributed by atoms with van der Waals surface area (Å²) in [6.45, 7) is -0.335. The normalized spacial score (nSPS) is 33.9. The Bertz CT molecular complexity index is 591. The van der Waals surface area contributed by atoms with Gasteiger partial charge in [-0.1, -0.05) is 6.07 Å². The minimum Gasteiger partial charge on any atom is -0.396 e. The van der Waals surface area contributed by atoms with Crippen LogP contribution < -0.4 is 0 Å². The van der Waals surface area contributed by atoms with E-state index in [-0.39, 0.29) is 37.2 Å². The number of hydrogen-bond acceptors (Lipinski definition) is 5. The van der Waals surface area contributed by atoms with Crippen molar-refractivity contribution < 1.29 is 38.0 Å². The van der Waals surface area contributed by atoms with Gasteiger partial charge in [-0.25, -0.2) is 0 Å². The largest absolute Gasteiger partial charge is 0.416 e. The molecule has 0 unspecified atom stereocenters. The molecule has 128 valence electrons. The highest BCUT2D eigenvalue weighted by atomic mass is 19.4. The molecule has 1 spiro atoms. The molecule has 2 aliphatic rings. The van der Waals surface area contributed by atoms with E-state index in [0.717, 1.165) is 12.1 Å². The van der Waals surface area contributed by atoms with Gasteiger partial charge in [-0.15, -0.1) is 0 Å². The van der Waals surface area contributed by atoms with Crippen molar-refractivity contribution in [2.75, 3.05) is 6.61 Å². The van der Waals surface area contributed by atoms with E-state index in [1.165, 1.54) is 6.07 Å². The van der Waals surface area contributed by atoms with Crippen molar-refractivity contribution in [1.82, 2.24) is 0 Å². The number of benzene rings is 1. The van der Waals surface area contributed by atoms with E-state index in [4.69, 9.17) is 14.6 Å². The van der Waals surface area contributed by atoms with Gasteiger partial charge in [0.1, 0.15) is 6.10 Å². The predicted octanol–water partition coefficient (Wildman–Crippen LogP) is 1.28. The zero-order chi connectivity index (χ0) is 16.8. The highest BCUT2D eigenvalue weighted by Crippen LogP contribution is 2.47. The van der Waals surface area contributed by atoms with E-state index < -0.39 is 35.8 Å². The Kier molecular flexibility index (Phi) is 4.14. The second-order valence-corrected chi connectivity index (χ2v) is 5.83. The van der Waals surface area contributed by atoms with Gasteiger partial charge in [0.15, 0.2) is 0 Å². The minimum absolute atomic E-state index is 0.114. The zero-order valence-electron chi connectivity index (χ0n) is 12.1. The third-order valence-corrected chi connectivity index (χ3v) is 4.30. The average molecular weight is 334 g/mol. The maximum atomic E-state index is 12.8. The molecule has 23 heavy (non-hydrogen) atoms. The summed E-state index contributed by atoms with van der Waals surface area (Å²) < 4.78 is 49.6. The van der Waals surface area contributed by atoms with Crippen LogP contribution in [0, 0.1) is 0 Å². The molecule has 0 radical (unpaired) electrons. The molecule has 3 rings (SSSR count). The third kappa shape index (κ3) is 2.74. The van der Waals surface area contributed by atoms with E-state index in [2.05, 4.69) is 0 Å². The molecular weight excluding hydrogens is 317 g/mol. The summed E-state index contributed by atoms with van der Waals surface area (Å²) in [5.74, 6) is -1.70. The number of aliphatic hydroxyl groups is 3. The maximum Gasteiger partial charge on any atom is 0.416 e. The molecular formula is C15H17F3O5. The lowest BCUT2D eigenvalue weighted by molar-refractivity contribution is -0.345. The summed E-state index contributed by atoms with van der Waals surface area (Å²) in [5, 5.41) is 29.4. The monoisotopic (exact) mass is 334 g/mol. The topological polar surface area (TPSA) is 79.2 Å². The molecule has 5 nitrogen and oxygen atoms in total. The van der Waals surface area contributed by atoms with Crippen molar-refractivity contribution in [2.24, 2.45) is 0 Å². The Labute approximate surface area is 130 Å². The summed E-state index contributed by atoms with van der Waals surface area (Å²) in [6.07, 6.45) is -7.28. The van der Waals surface area contributed by atoms with Gasteiger partial charge < -0.3 is 24.8 Å². The van der Waals surface area contributed by atoms with Crippen LogP contribution in [-0.2, 0) is 28.0 Å². The van der Waals surface area contributed by atoms with E-state index in [1.807, 2.05) is 0 Å². The Morgan fingerprint density at radius 2 is 2.00 bits per heavy atom. The van der Waals surface area contributed by atoms with Gasteiger partial charge >= 0.3 is 6.18 Å². The molecule has 3 N–H and O–H groups in total. The molecule has 1 fully saturated rings. The molecule has 0 aromatic heterocycles. The summed E-state index contributed by atoms with van der Waals surface area (Å²) in [5.41, 5.74) is -0.273. The van der Waals surface area contributed by atoms with Crippen LogP contribution >= 0.6 is 0 Å². The van der Waals surface area contributed by atoms with E-state index in [1.54, 1.807) is 0 Å². The van der Waals surface area contributed by atoms with Crippen molar-refractivity contribution in [2.45, 2.75) is 49.7 Å². The average Bonchev–Trinajstić information content (AvgIpc) is 2.83. The van der Waals surface area contributed by atoms with E-state index >= 15 is 0 Å². The molecule has 1 saturated heterocycles. The molecule has 0 amide bonds. The fourth-order valence-corrected chi connectivity index (χ4v) is 3.17. The van der Waals surface area contributed by atoms with Gasteiger partial charge in [0.25, 0.3) is 0 Å². The molecule has 0 saturated carbocycles. The fourth-order valence-electron chi connectivity index (χ4n) is 3.17. The van der Waals surface area contributed by atoms with Crippen LogP contribution in [0.3, 0.4) is 0 Å². The molecule has 2 aliphatic heterocycles.